The second-order valence-corrected chi connectivity index (χ2v) is 6.07. The fourth-order valence-electron chi connectivity index (χ4n) is 3.47. The minimum absolute atomic E-state index is 0.689. The predicted octanol–water partition coefficient (Wildman–Crippen LogP) is 3.13. The van der Waals surface area contributed by atoms with Gasteiger partial charge in [-0.25, -0.2) is 0 Å². The lowest BCUT2D eigenvalue weighted by molar-refractivity contribution is 0.153. The molecule has 3 unspecified atom stereocenters. The van der Waals surface area contributed by atoms with E-state index in [1.54, 1.807) is 6.26 Å². The van der Waals surface area contributed by atoms with Crippen LogP contribution in [0.5, 0.6) is 0 Å². The second-order valence-electron chi connectivity index (χ2n) is 6.07. The molecule has 19 heavy (non-hydrogen) atoms. The number of nitrogens with zero attached hydrogens (tertiary/aromatic N) is 1. The van der Waals surface area contributed by atoms with Crippen molar-refractivity contribution in [3.63, 3.8) is 0 Å². The Morgan fingerprint density at radius 2 is 2.26 bits per heavy atom. The molecule has 0 spiro atoms. The molecule has 2 rings (SSSR count). The summed E-state index contributed by atoms with van der Waals surface area (Å²) >= 11 is 0. The van der Waals surface area contributed by atoms with Crippen molar-refractivity contribution in [3.05, 3.63) is 24.2 Å². The molecule has 1 aromatic heterocycles. The maximum atomic E-state index is 5.14. The second kappa shape index (κ2) is 7.11. The fraction of sp³-hybridized carbons (Fsp3) is 0.750. The summed E-state index contributed by atoms with van der Waals surface area (Å²) in [7, 11) is 4.33. The van der Waals surface area contributed by atoms with Gasteiger partial charge in [-0.2, -0.15) is 0 Å². The Morgan fingerprint density at radius 1 is 1.42 bits per heavy atom. The standard InChI is InChI=1S/C16H28N2O/c1-4-13-5-6-16(17-2)15(9-13)11-18(3)10-14-7-8-19-12-14/h7-8,12-13,15-17H,4-6,9-11H2,1-3H3. The van der Waals surface area contributed by atoms with E-state index in [0.717, 1.165) is 18.4 Å². The molecule has 0 aliphatic heterocycles. The molecule has 108 valence electrons. The van der Waals surface area contributed by atoms with Gasteiger partial charge in [0, 0.05) is 24.7 Å². The van der Waals surface area contributed by atoms with Gasteiger partial charge >= 0.3 is 0 Å². The lowest BCUT2D eigenvalue weighted by atomic mass is 9.76. The Morgan fingerprint density at radius 3 is 2.89 bits per heavy atom. The summed E-state index contributed by atoms with van der Waals surface area (Å²) in [5.41, 5.74) is 1.27. The maximum Gasteiger partial charge on any atom is 0.0947 e. The van der Waals surface area contributed by atoms with E-state index in [0.29, 0.717) is 6.04 Å². The SMILES string of the molecule is CCC1CCC(NC)C(CN(C)Cc2ccoc2)C1. The molecule has 0 saturated heterocycles. The fourth-order valence-corrected chi connectivity index (χ4v) is 3.47. The molecule has 3 heteroatoms. The highest BCUT2D eigenvalue weighted by molar-refractivity contribution is 5.04. The first-order valence-electron chi connectivity index (χ1n) is 7.59. The monoisotopic (exact) mass is 264 g/mol. The molecule has 3 nitrogen and oxygen atoms in total. The number of nitrogens with one attached hydrogen (secondary N) is 1. The third-order valence-electron chi connectivity index (χ3n) is 4.62. The summed E-state index contributed by atoms with van der Waals surface area (Å²) in [6, 6.07) is 2.75. The van der Waals surface area contributed by atoms with E-state index < -0.39 is 0 Å². The van der Waals surface area contributed by atoms with Crippen LogP contribution >= 0.6 is 0 Å². The first kappa shape index (κ1) is 14.6. The summed E-state index contributed by atoms with van der Waals surface area (Å²) in [6.07, 6.45) is 9.04. The van der Waals surface area contributed by atoms with Crippen LogP contribution in [0, 0.1) is 11.8 Å². The molecule has 1 N–H and O–H groups in total. The van der Waals surface area contributed by atoms with Crippen molar-refractivity contribution in [1.82, 2.24) is 10.2 Å². The third kappa shape index (κ3) is 4.08. The van der Waals surface area contributed by atoms with Gasteiger partial charge in [0.15, 0.2) is 0 Å². The molecule has 3 atom stereocenters. The van der Waals surface area contributed by atoms with Crippen LogP contribution in [0.3, 0.4) is 0 Å². The van der Waals surface area contributed by atoms with Crippen LogP contribution in [0.2, 0.25) is 0 Å². The van der Waals surface area contributed by atoms with Crippen molar-refractivity contribution in [2.45, 2.75) is 45.2 Å². The van der Waals surface area contributed by atoms with Crippen molar-refractivity contribution < 1.29 is 4.42 Å². The smallest absolute Gasteiger partial charge is 0.0947 e. The van der Waals surface area contributed by atoms with Gasteiger partial charge in [0.25, 0.3) is 0 Å². The molecule has 1 fully saturated rings. The number of rotatable bonds is 6. The highest BCUT2D eigenvalue weighted by Crippen LogP contribution is 2.31. The van der Waals surface area contributed by atoms with Gasteiger partial charge in [-0.3, -0.25) is 0 Å². The van der Waals surface area contributed by atoms with Gasteiger partial charge in [-0.05, 0) is 51.3 Å². The van der Waals surface area contributed by atoms with Crippen LogP contribution in [0.25, 0.3) is 0 Å². The normalized spacial score (nSPS) is 27.9. The van der Waals surface area contributed by atoms with Crippen molar-refractivity contribution in [3.8, 4) is 0 Å². The van der Waals surface area contributed by atoms with Crippen LogP contribution in [-0.4, -0.2) is 31.6 Å². The van der Waals surface area contributed by atoms with E-state index in [2.05, 4.69) is 37.3 Å². The quantitative estimate of drug-likeness (QED) is 0.855. The van der Waals surface area contributed by atoms with Crippen molar-refractivity contribution in [1.29, 1.82) is 0 Å². The van der Waals surface area contributed by atoms with E-state index in [-0.39, 0.29) is 0 Å². The minimum Gasteiger partial charge on any atom is -0.472 e. The Hall–Kier alpha value is -0.800. The van der Waals surface area contributed by atoms with Crippen molar-refractivity contribution >= 4 is 0 Å². The Kier molecular flexibility index (Phi) is 5.46. The molecule has 1 heterocycles. The van der Waals surface area contributed by atoms with E-state index >= 15 is 0 Å². The largest absolute Gasteiger partial charge is 0.472 e. The van der Waals surface area contributed by atoms with Crippen LogP contribution in [0.15, 0.2) is 23.0 Å². The highest BCUT2D eigenvalue weighted by atomic mass is 16.3. The average Bonchev–Trinajstić information content (AvgIpc) is 2.91. The molecule has 0 radical (unpaired) electrons. The molecular formula is C16H28N2O. The average molecular weight is 264 g/mol. The first-order valence-corrected chi connectivity index (χ1v) is 7.59. The van der Waals surface area contributed by atoms with Crippen molar-refractivity contribution in [2.24, 2.45) is 11.8 Å². The molecule has 0 bridgehead atoms. The van der Waals surface area contributed by atoms with Crippen molar-refractivity contribution in [2.75, 3.05) is 20.6 Å². The Bertz CT molecular complexity index is 350. The first-order chi connectivity index (χ1) is 9.22. The van der Waals surface area contributed by atoms with Crippen LogP contribution < -0.4 is 5.32 Å². The molecule has 0 aromatic carbocycles. The molecule has 0 amide bonds. The van der Waals surface area contributed by atoms with Gasteiger partial charge < -0.3 is 14.6 Å². The number of hydrogen-bond acceptors (Lipinski definition) is 3. The number of furan rings is 1. The van der Waals surface area contributed by atoms with E-state index in [4.69, 9.17) is 4.42 Å². The predicted molar refractivity (Wildman–Crippen MR) is 79.0 cm³/mol. The lowest BCUT2D eigenvalue weighted by Crippen LogP contribution is -2.43. The maximum absolute atomic E-state index is 5.14. The zero-order valence-electron chi connectivity index (χ0n) is 12.6. The summed E-state index contributed by atoms with van der Waals surface area (Å²) in [4.78, 5) is 2.43. The van der Waals surface area contributed by atoms with Gasteiger partial charge in [0.1, 0.15) is 0 Å². The lowest BCUT2D eigenvalue weighted by Gasteiger charge is -2.37. The van der Waals surface area contributed by atoms with Gasteiger partial charge in [-0.1, -0.05) is 13.3 Å². The van der Waals surface area contributed by atoms with E-state index in [1.807, 2.05) is 6.26 Å². The molecule has 1 aliphatic carbocycles. The summed E-state index contributed by atoms with van der Waals surface area (Å²) < 4.78 is 5.14. The van der Waals surface area contributed by atoms with Gasteiger partial charge in [0.05, 0.1) is 12.5 Å². The summed E-state index contributed by atoms with van der Waals surface area (Å²) in [6.45, 7) is 4.49. The zero-order chi connectivity index (χ0) is 13.7. The third-order valence-corrected chi connectivity index (χ3v) is 4.62. The Labute approximate surface area is 117 Å². The highest BCUT2D eigenvalue weighted by Gasteiger charge is 2.29. The Balaban J connectivity index is 1.87. The molecule has 1 aliphatic rings. The van der Waals surface area contributed by atoms with Gasteiger partial charge in [-0.15, -0.1) is 0 Å². The van der Waals surface area contributed by atoms with Crippen LogP contribution in [0.1, 0.15) is 38.2 Å². The molecule has 1 aromatic rings. The number of hydrogen-bond donors (Lipinski definition) is 1. The summed E-state index contributed by atoms with van der Waals surface area (Å²) in [5, 5.41) is 3.52. The van der Waals surface area contributed by atoms with Crippen LogP contribution in [0.4, 0.5) is 0 Å². The van der Waals surface area contributed by atoms with Crippen LogP contribution in [-0.2, 0) is 6.54 Å². The van der Waals surface area contributed by atoms with E-state index in [1.165, 1.54) is 37.8 Å². The molecule has 1 saturated carbocycles. The minimum atomic E-state index is 0.689. The van der Waals surface area contributed by atoms with Gasteiger partial charge in [0.2, 0.25) is 0 Å². The van der Waals surface area contributed by atoms with E-state index in [9.17, 15) is 0 Å². The topological polar surface area (TPSA) is 28.4 Å². The molecular weight excluding hydrogens is 236 g/mol. The zero-order valence-corrected chi connectivity index (χ0v) is 12.6. The summed E-state index contributed by atoms with van der Waals surface area (Å²) in [5.74, 6) is 1.71.